The van der Waals surface area contributed by atoms with Crippen LogP contribution in [0.25, 0.3) is 0 Å². The molecule has 0 aromatic heterocycles. The lowest BCUT2D eigenvalue weighted by atomic mass is 9.96. The Balaban J connectivity index is 2.15. The van der Waals surface area contributed by atoms with Crippen molar-refractivity contribution in [2.75, 3.05) is 17.5 Å². The van der Waals surface area contributed by atoms with E-state index in [2.05, 4.69) is 4.72 Å². The van der Waals surface area contributed by atoms with E-state index in [1.807, 2.05) is 0 Å². The van der Waals surface area contributed by atoms with Crippen LogP contribution >= 0.6 is 0 Å². The SMILES string of the molecule is CN(C1CCCCC1)S(=O)(=O)Nc1cc(F)ccc1N. The number of halogens is 1. The number of nitrogens with two attached hydrogens (primary N) is 1. The maximum absolute atomic E-state index is 13.2. The molecule has 3 N–H and O–H groups in total. The monoisotopic (exact) mass is 301 g/mol. The summed E-state index contributed by atoms with van der Waals surface area (Å²) in [5.41, 5.74) is 5.94. The summed E-state index contributed by atoms with van der Waals surface area (Å²) in [6.45, 7) is 0. The zero-order chi connectivity index (χ0) is 14.8. The predicted molar refractivity (Wildman–Crippen MR) is 78.0 cm³/mol. The molecule has 5 nitrogen and oxygen atoms in total. The second-order valence-corrected chi connectivity index (χ2v) is 6.88. The minimum atomic E-state index is -3.72. The molecule has 0 heterocycles. The summed E-state index contributed by atoms with van der Waals surface area (Å²) in [6, 6.07) is 3.61. The lowest BCUT2D eigenvalue weighted by Crippen LogP contribution is -2.41. The van der Waals surface area contributed by atoms with Crippen LogP contribution in [0.3, 0.4) is 0 Å². The second kappa shape index (κ2) is 5.97. The highest BCUT2D eigenvalue weighted by Crippen LogP contribution is 2.26. The Hall–Kier alpha value is -1.34. The smallest absolute Gasteiger partial charge is 0.301 e. The minimum absolute atomic E-state index is 0.00367. The van der Waals surface area contributed by atoms with Crippen molar-refractivity contribution in [3.8, 4) is 0 Å². The van der Waals surface area contributed by atoms with Gasteiger partial charge in [-0.1, -0.05) is 19.3 Å². The predicted octanol–water partition coefficient (Wildman–Crippen LogP) is 2.33. The quantitative estimate of drug-likeness (QED) is 0.838. The molecule has 0 amide bonds. The first-order valence-electron chi connectivity index (χ1n) is 6.71. The minimum Gasteiger partial charge on any atom is -0.397 e. The van der Waals surface area contributed by atoms with Crippen LogP contribution in [-0.4, -0.2) is 25.8 Å². The Morgan fingerprint density at radius 3 is 2.60 bits per heavy atom. The van der Waals surface area contributed by atoms with Gasteiger partial charge in [-0.2, -0.15) is 12.7 Å². The molecule has 112 valence electrons. The molecule has 0 radical (unpaired) electrons. The molecule has 1 fully saturated rings. The Labute approximate surface area is 119 Å². The van der Waals surface area contributed by atoms with E-state index < -0.39 is 16.0 Å². The molecular weight excluding hydrogens is 281 g/mol. The van der Waals surface area contributed by atoms with Crippen molar-refractivity contribution >= 4 is 21.6 Å². The van der Waals surface area contributed by atoms with Crippen LogP contribution < -0.4 is 10.5 Å². The van der Waals surface area contributed by atoms with Crippen LogP contribution in [0, 0.1) is 5.82 Å². The van der Waals surface area contributed by atoms with Gasteiger partial charge in [0.1, 0.15) is 5.82 Å². The zero-order valence-electron chi connectivity index (χ0n) is 11.5. The number of nitrogens with zero attached hydrogens (tertiary/aromatic N) is 1. The van der Waals surface area contributed by atoms with Crippen LogP contribution in [-0.2, 0) is 10.2 Å². The summed E-state index contributed by atoms with van der Waals surface area (Å²) in [5, 5.41) is 0. The lowest BCUT2D eigenvalue weighted by molar-refractivity contribution is 0.287. The first-order valence-corrected chi connectivity index (χ1v) is 8.15. The molecule has 2 rings (SSSR count). The van der Waals surface area contributed by atoms with Crippen molar-refractivity contribution in [2.45, 2.75) is 38.1 Å². The average molecular weight is 301 g/mol. The number of hydrogen-bond donors (Lipinski definition) is 2. The Kier molecular flexibility index (Phi) is 4.49. The fraction of sp³-hybridized carbons (Fsp3) is 0.538. The molecular formula is C13H20FN3O2S. The molecule has 1 aliphatic rings. The highest BCUT2D eigenvalue weighted by atomic mass is 32.2. The van der Waals surface area contributed by atoms with Crippen molar-refractivity contribution in [1.29, 1.82) is 0 Å². The Morgan fingerprint density at radius 1 is 1.30 bits per heavy atom. The third-order valence-electron chi connectivity index (χ3n) is 3.72. The molecule has 1 aliphatic carbocycles. The van der Waals surface area contributed by atoms with E-state index in [9.17, 15) is 12.8 Å². The van der Waals surface area contributed by atoms with E-state index in [4.69, 9.17) is 5.73 Å². The van der Waals surface area contributed by atoms with E-state index in [1.165, 1.54) is 16.4 Å². The summed E-state index contributed by atoms with van der Waals surface area (Å²) in [6.07, 6.45) is 4.93. The maximum atomic E-state index is 13.2. The van der Waals surface area contributed by atoms with Gasteiger partial charge in [-0.15, -0.1) is 0 Å². The highest BCUT2D eigenvalue weighted by Gasteiger charge is 2.27. The number of anilines is 2. The maximum Gasteiger partial charge on any atom is 0.301 e. The van der Waals surface area contributed by atoms with Gasteiger partial charge in [0.05, 0.1) is 11.4 Å². The van der Waals surface area contributed by atoms with Gasteiger partial charge in [0.2, 0.25) is 0 Å². The number of hydrogen-bond acceptors (Lipinski definition) is 3. The van der Waals surface area contributed by atoms with Crippen molar-refractivity contribution in [3.63, 3.8) is 0 Å². The van der Waals surface area contributed by atoms with E-state index in [-0.39, 0.29) is 17.4 Å². The first-order chi connectivity index (χ1) is 9.40. The Morgan fingerprint density at radius 2 is 1.95 bits per heavy atom. The fourth-order valence-electron chi connectivity index (χ4n) is 2.47. The van der Waals surface area contributed by atoms with E-state index in [0.717, 1.165) is 38.2 Å². The van der Waals surface area contributed by atoms with E-state index >= 15 is 0 Å². The highest BCUT2D eigenvalue weighted by molar-refractivity contribution is 7.90. The van der Waals surface area contributed by atoms with Crippen LogP contribution in [0.1, 0.15) is 32.1 Å². The topological polar surface area (TPSA) is 75.4 Å². The van der Waals surface area contributed by atoms with Gasteiger partial charge in [0.25, 0.3) is 0 Å². The van der Waals surface area contributed by atoms with Crippen molar-refractivity contribution in [1.82, 2.24) is 4.31 Å². The molecule has 1 aromatic rings. The number of nitrogen functional groups attached to an aromatic ring is 1. The lowest BCUT2D eigenvalue weighted by Gasteiger charge is -2.30. The molecule has 0 aliphatic heterocycles. The van der Waals surface area contributed by atoms with Gasteiger partial charge in [-0.25, -0.2) is 4.39 Å². The van der Waals surface area contributed by atoms with Gasteiger partial charge < -0.3 is 5.73 Å². The molecule has 0 spiro atoms. The summed E-state index contributed by atoms with van der Waals surface area (Å²) in [5.74, 6) is -0.530. The summed E-state index contributed by atoms with van der Waals surface area (Å²) >= 11 is 0. The van der Waals surface area contributed by atoms with Gasteiger partial charge in [-0.3, -0.25) is 4.72 Å². The molecule has 1 aromatic carbocycles. The normalized spacial score (nSPS) is 17.4. The largest absolute Gasteiger partial charge is 0.397 e. The number of rotatable bonds is 4. The van der Waals surface area contributed by atoms with Crippen LogP contribution in [0.4, 0.5) is 15.8 Å². The molecule has 20 heavy (non-hydrogen) atoms. The van der Waals surface area contributed by atoms with Crippen LogP contribution in [0.15, 0.2) is 18.2 Å². The molecule has 7 heteroatoms. The zero-order valence-corrected chi connectivity index (χ0v) is 12.3. The van der Waals surface area contributed by atoms with E-state index in [1.54, 1.807) is 7.05 Å². The third kappa shape index (κ3) is 3.40. The van der Waals surface area contributed by atoms with E-state index in [0.29, 0.717) is 0 Å². The molecule has 0 saturated heterocycles. The summed E-state index contributed by atoms with van der Waals surface area (Å²) in [7, 11) is -2.17. The second-order valence-electron chi connectivity index (χ2n) is 5.15. The van der Waals surface area contributed by atoms with Gasteiger partial charge in [0.15, 0.2) is 0 Å². The van der Waals surface area contributed by atoms with Crippen molar-refractivity contribution < 1.29 is 12.8 Å². The molecule has 0 atom stereocenters. The standard InChI is InChI=1S/C13H20FN3O2S/c1-17(11-5-3-2-4-6-11)20(18,19)16-13-9-10(14)7-8-12(13)15/h7-9,11,16H,2-6,15H2,1H3. The first kappa shape index (κ1) is 15.1. The number of benzene rings is 1. The Bertz CT molecular complexity index is 571. The van der Waals surface area contributed by atoms with Crippen LogP contribution in [0.5, 0.6) is 0 Å². The van der Waals surface area contributed by atoms with Gasteiger partial charge in [-0.05, 0) is 25.0 Å². The summed E-state index contributed by atoms with van der Waals surface area (Å²) in [4.78, 5) is 0. The fourth-order valence-corrected chi connectivity index (χ4v) is 3.67. The van der Waals surface area contributed by atoms with Gasteiger partial charge >= 0.3 is 10.2 Å². The van der Waals surface area contributed by atoms with Crippen molar-refractivity contribution in [2.24, 2.45) is 0 Å². The van der Waals surface area contributed by atoms with Crippen LogP contribution in [0.2, 0.25) is 0 Å². The number of nitrogens with one attached hydrogen (secondary N) is 1. The summed E-state index contributed by atoms with van der Waals surface area (Å²) < 4.78 is 41.5. The third-order valence-corrected chi connectivity index (χ3v) is 5.26. The van der Waals surface area contributed by atoms with Crippen molar-refractivity contribution in [3.05, 3.63) is 24.0 Å². The van der Waals surface area contributed by atoms with Gasteiger partial charge in [0, 0.05) is 19.2 Å². The average Bonchev–Trinajstić information content (AvgIpc) is 2.43. The molecule has 0 unspecified atom stereocenters. The molecule has 0 bridgehead atoms. The molecule has 1 saturated carbocycles.